The van der Waals surface area contributed by atoms with Crippen LogP contribution in [0.5, 0.6) is 0 Å². The summed E-state index contributed by atoms with van der Waals surface area (Å²) in [4.78, 5) is 4.68. The third-order valence-electron chi connectivity index (χ3n) is 5.40. The SMILES string of the molecule is C=C/C=C(\C=C/N)c1c(N2CC(C)N(C)C(C)C2)n[nH]c1-c1ccc(F)cc1. The normalized spacial score (nSPS) is 21.4. The number of likely N-dealkylation sites (N-methyl/N-ethyl adjacent to an activating group) is 1. The molecule has 6 heteroatoms. The van der Waals surface area contributed by atoms with Crippen LogP contribution >= 0.6 is 0 Å². The number of benzene rings is 1. The first-order valence-electron chi connectivity index (χ1n) is 9.48. The van der Waals surface area contributed by atoms with Gasteiger partial charge in [0.2, 0.25) is 0 Å². The number of anilines is 1. The van der Waals surface area contributed by atoms with Gasteiger partial charge >= 0.3 is 0 Å². The standard InChI is InChI=1S/C22H28FN5/c1-5-6-17(11-12-24)20-21(18-7-9-19(23)10-8-18)25-26-22(20)28-13-15(2)27(4)16(3)14-28/h5-12,15-16H,1,13-14,24H2,2-4H3,(H,25,26)/b12-11-,17-6+. The summed E-state index contributed by atoms with van der Waals surface area (Å²) in [7, 11) is 2.16. The van der Waals surface area contributed by atoms with Gasteiger partial charge in [0.05, 0.1) is 11.3 Å². The summed E-state index contributed by atoms with van der Waals surface area (Å²) in [6.07, 6.45) is 6.99. The van der Waals surface area contributed by atoms with Crippen LogP contribution in [0.25, 0.3) is 16.8 Å². The molecule has 0 amide bonds. The minimum atomic E-state index is -0.268. The molecule has 1 saturated heterocycles. The fraction of sp³-hybridized carbons (Fsp3) is 0.318. The Morgan fingerprint density at radius 2 is 1.89 bits per heavy atom. The number of aromatic nitrogens is 2. The fourth-order valence-corrected chi connectivity index (χ4v) is 3.69. The Kier molecular flexibility index (Phi) is 5.99. The minimum Gasteiger partial charge on any atom is -0.405 e. The van der Waals surface area contributed by atoms with Crippen LogP contribution in [0.2, 0.25) is 0 Å². The summed E-state index contributed by atoms with van der Waals surface area (Å²) in [5.41, 5.74) is 9.25. The van der Waals surface area contributed by atoms with Gasteiger partial charge in [0.25, 0.3) is 0 Å². The van der Waals surface area contributed by atoms with Crippen LogP contribution in [0.4, 0.5) is 10.2 Å². The number of allylic oxidation sites excluding steroid dienone is 4. The van der Waals surface area contributed by atoms with Gasteiger partial charge in [-0.3, -0.25) is 10.00 Å². The Labute approximate surface area is 166 Å². The number of hydrogen-bond acceptors (Lipinski definition) is 4. The smallest absolute Gasteiger partial charge is 0.159 e. The third-order valence-corrected chi connectivity index (χ3v) is 5.40. The van der Waals surface area contributed by atoms with E-state index in [1.165, 1.54) is 18.3 Å². The van der Waals surface area contributed by atoms with Crippen LogP contribution in [0, 0.1) is 5.82 Å². The lowest BCUT2D eigenvalue weighted by molar-refractivity contribution is 0.169. The zero-order valence-electron chi connectivity index (χ0n) is 16.7. The Balaban J connectivity index is 2.14. The van der Waals surface area contributed by atoms with E-state index >= 15 is 0 Å². The summed E-state index contributed by atoms with van der Waals surface area (Å²) in [6.45, 7) is 10.0. The molecule has 1 aliphatic rings. The van der Waals surface area contributed by atoms with Crippen LogP contribution in [0.15, 0.2) is 55.3 Å². The molecule has 3 rings (SSSR count). The predicted octanol–water partition coefficient (Wildman–Crippen LogP) is 3.79. The highest BCUT2D eigenvalue weighted by Gasteiger charge is 2.30. The van der Waals surface area contributed by atoms with Gasteiger partial charge in [0, 0.05) is 30.7 Å². The van der Waals surface area contributed by atoms with Crippen molar-refractivity contribution < 1.29 is 4.39 Å². The van der Waals surface area contributed by atoms with Crippen molar-refractivity contribution >= 4 is 11.4 Å². The molecule has 3 N–H and O–H groups in total. The highest BCUT2D eigenvalue weighted by atomic mass is 19.1. The second-order valence-electron chi connectivity index (χ2n) is 7.29. The Morgan fingerprint density at radius 1 is 1.25 bits per heavy atom. The lowest BCUT2D eigenvalue weighted by Crippen LogP contribution is -2.55. The summed E-state index contributed by atoms with van der Waals surface area (Å²) in [6, 6.07) is 7.22. The zero-order chi connectivity index (χ0) is 20.3. The van der Waals surface area contributed by atoms with Crippen molar-refractivity contribution in [3.63, 3.8) is 0 Å². The average molecular weight is 381 g/mol. The molecule has 0 radical (unpaired) electrons. The van der Waals surface area contributed by atoms with Crippen molar-refractivity contribution in [3.05, 3.63) is 66.7 Å². The van der Waals surface area contributed by atoms with Crippen LogP contribution in [0.1, 0.15) is 19.4 Å². The summed E-state index contributed by atoms with van der Waals surface area (Å²) >= 11 is 0. The molecule has 28 heavy (non-hydrogen) atoms. The number of halogens is 1. The molecule has 1 aliphatic heterocycles. The van der Waals surface area contributed by atoms with Crippen LogP contribution in [-0.4, -0.2) is 47.3 Å². The maximum Gasteiger partial charge on any atom is 0.159 e. The van der Waals surface area contributed by atoms with E-state index in [1.54, 1.807) is 18.2 Å². The maximum atomic E-state index is 13.4. The van der Waals surface area contributed by atoms with E-state index in [2.05, 4.69) is 47.5 Å². The van der Waals surface area contributed by atoms with E-state index in [9.17, 15) is 4.39 Å². The van der Waals surface area contributed by atoms with Gasteiger partial charge in [-0.1, -0.05) is 18.7 Å². The van der Waals surface area contributed by atoms with E-state index in [-0.39, 0.29) is 5.82 Å². The number of nitrogens with two attached hydrogens (primary N) is 1. The third kappa shape index (κ3) is 3.87. The predicted molar refractivity (Wildman–Crippen MR) is 114 cm³/mol. The second kappa shape index (κ2) is 8.44. The molecule has 2 aromatic rings. The molecular weight excluding hydrogens is 353 g/mol. The van der Waals surface area contributed by atoms with Crippen LogP contribution in [-0.2, 0) is 0 Å². The number of H-pyrrole nitrogens is 1. The van der Waals surface area contributed by atoms with E-state index in [0.717, 1.165) is 41.3 Å². The Morgan fingerprint density at radius 3 is 2.46 bits per heavy atom. The molecule has 2 atom stereocenters. The summed E-state index contributed by atoms with van der Waals surface area (Å²) < 4.78 is 13.4. The summed E-state index contributed by atoms with van der Waals surface area (Å²) in [5.74, 6) is 0.604. The van der Waals surface area contributed by atoms with Crippen LogP contribution < -0.4 is 10.6 Å². The first-order chi connectivity index (χ1) is 13.5. The van der Waals surface area contributed by atoms with Crippen LogP contribution in [0.3, 0.4) is 0 Å². The van der Waals surface area contributed by atoms with E-state index in [4.69, 9.17) is 5.73 Å². The number of rotatable bonds is 5. The lowest BCUT2D eigenvalue weighted by atomic mass is 9.98. The zero-order valence-corrected chi connectivity index (χ0v) is 16.7. The van der Waals surface area contributed by atoms with Gasteiger partial charge in [0.1, 0.15) is 5.82 Å². The van der Waals surface area contributed by atoms with E-state index in [0.29, 0.717) is 12.1 Å². The number of nitrogens with zero attached hydrogens (tertiary/aromatic N) is 3. The van der Waals surface area contributed by atoms with Gasteiger partial charge in [-0.05, 0) is 63.0 Å². The largest absolute Gasteiger partial charge is 0.405 e. The molecule has 0 bridgehead atoms. The average Bonchev–Trinajstić information content (AvgIpc) is 3.11. The van der Waals surface area contributed by atoms with Gasteiger partial charge in [-0.15, -0.1) is 0 Å². The van der Waals surface area contributed by atoms with Crippen molar-refractivity contribution in [2.24, 2.45) is 5.73 Å². The molecule has 0 spiro atoms. The van der Waals surface area contributed by atoms with E-state index in [1.807, 2.05) is 12.2 Å². The quantitative estimate of drug-likeness (QED) is 0.774. The van der Waals surface area contributed by atoms with Crippen molar-refractivity contribution in [2.75, 3.05) is 25.0 Å². The van der Waals surface area contributed by atoms with Gasteiger partial charge < -0.3 is 10.6 Å². The van der Waals surface area contributed by atoms with E-state index < -0.39 is 0 Å². The second-order valence-corrected chi connectivity index (χ2v) is 7.29. The Bertz CT molecular complexity index is 869. The molecule has 148 valence electrons. The molecule has 5 nitrogen and oxygen atoms in total. The fourth-order valence-electron chi connectivity index (χ4n) is 3.69. The molecule has 0 aliphatic carbocycles. The Hall–Kier alpha value is -2.86. The van der Waals surface area contributed by atoms with Crippen molar-refractivity contribution in [2.45, 2.75) is 25.9 Å². The first kappa shape index (κ1) is 19.9. The van der Waals surface area contributed by atoms with Crippen molar-refractivity contribution in [1.29, 1.82) is 0 Å². The molecule has 2 unspecified atom stereocenters. The van der Waals surface area contributed by atoms with Gasteiger partial charge in [-0.25, -0.2) is 4.39 Å². The summed E-state index contributed by atoms with van der Waals surface area (Å²) in [5, 5.41) is 7.82. The first-order valence-corrected chi connectivity index (χ1v) is 9.48. The number of nitrogens with one attached hydrogen (secondary N) is 1. The molecular formula is C22H28FN5. The molecule has 0 saturated carbocycles. The highest BCUT2D eigenvalue weighted by molar-refractivity contribution is 5.90. The van der Waals surface area contributed by atoms with Crippen molar-refractivity contribution in [1.82, 2.24) is 15.1 Å². The van der Waals surface area contributed by atoms with Crippen molar-refractivity contribution in [3.8, 4) is 11.3 Å². The number of aromatic amines is 1. The lowest BCUT2D eigenvalue weighted by Gasteiger charge is -2.43. The molecule has 2 heterocycles. The topological polar surface area (TPSA) is 61.2 Å². The maximum absolute atomic E-state index is 13.4. The number of piperazine rings is 1. The monoisotopic (exact) mass is 381 g/mol. The highest BCUT2D eigenvalue weighted by Crippen LogP contribution is 2.36. The van der Waals surface area contributed by atoms with Gasteiger partial charge in [0.15, 0.2) is 5.82 Å². The molecule has 1 aromatic heterocycles. The molecule has 1 fully saturated rings. The number of hydrogen-bond donors (Lipinski definition) is 2. The van der Waals surface area contributed by atoms with Gasteiger partial charge in [-0.2, -0.15) is 5.10 Å². The molecule has 1 aromatic carbocycles. The minimum absolute atomic E-state index is 0.268.